The summed E-state index contributed by atoms with van der Waals surface area (Å²) in [5.74, 6) is 1.74. The maximum absolute atomic E-state index is 11.8. The minimum atomic E-state index is -1.46. The molecule has 0 atom stereocenters. The van der Waals surface area contributed by atoms with Crippen molar-refractivity contribution in [1.29, 1.82) is 0 Å². The summed E-state index contributed by atoms with van der Waals surface area (Å²) in [5.41, 5.74) is 8.50. The molecule has 4 rings (SSSR count). The van der Waals surface area contributed by atoms with E-state index in [4.69, 9.17) is 15.3 Å². The molecule has 51 heavy (non-hydrogen) atoms. The van der Waals surface area contributed by atoms with Crippen LogP contribution in [0.5, 0.6) is 11.5 Å². The van der Waals surface area contributed by atoms with Gasteiger partial charge in [0.1, 0.15) is 0 Å². The molecule has 3 heterocycles. The van der Waals surface area contributed by atoms with Crippen LogP contribution in [0.1, 0.15) is 205 Å². The van der Waals surface area contributed by atoms with Gasteiger partial charge in [-0.2, -0.15) is 0 Å². The Morgan fingerprint density at radius 2 is 0.843 bits per heavy atom. The average Bonchev–Trinajstić information content (AvgIpc) is 3.72. The summed E-state index contributed by atoms with van der Waals surface area (Å²) in [6.45, 7) is 39.0. The van der Waals surface area contributed by atoms with E-state index in [-0.39, 0.29) is 39.4 Å². The Kier molecular flexibility index (Phi) is 14.6. The first-order valence-electron chi connectivity index (χ1n) is 18.9. The van der Waals surface area contributed by atoms with Gasteiger partial charge in [-0.05, 0) is 76.2 Å². The fourth-order valence-electron chi connectivity index (χ4n) is 6.26. The first-order chi connectivity index (χ1) is 22.9. The van der Waals surface area contributed by atoms with E-state index in [0.717, 1.165) is 22.6 Å². The molecule has 0 saturated carbocycles. The molecule has 0 aliphatic rings. The zero-order chi connectivity index (χ0) is 38.2. The molecule has 0 aliphatic carbocycles. The van der Waals surface area contributed by atoms with Crippen LogP contribution in [0.15, 0.2) is 30.3 Å². The SMILES string of the molecule is CC(C)(C)c1cc(O)c([O])c(C(C)(C)C)c1.CC(C)c1cc(C(C)C)n([BH-](n2nc(C(C)C)cc2C(C)C)n2nc(C(C)C)cc2C(C)C)n1.[Mn]. The predicted octanol–water partition coefficient (Wildman–Crippen LogP) is 10.8. The van der Waals surface area contributed by atoms with Crippen LogP contribution in [0.3, 0.4) is 0 Å². The van der Waals surface area contributed by atoms with E-state index in [0.29, 0.717) is 41.1 Å². The zero-order valence-corrected chi connectivity index (χ0v) is 36.2. The van der Waals surface area contributed by atoms with Crippen LogP contribution in [0.4, 0.5) is 0 Å². The van der Waals surface area contributed by atoms with Crippen LogP contribution in [0, 0.1) is 0 Å². The molecule has 0 saturated heterocycles. The summed E-state index contributed by atoms with van der Waals surface area (Å²) in [7, 11) is -1.46. The van der Waals surface area contributed by atoms with Crippen molar-refractivity contribution in [2.75, 3.05) is 0 Å². The zero-order valence-electron chi connectivity index (χ0n) is 35.0. The molecule has 1 N–H and O–H groups in total. The standard InChI is InChI=1S/C27H46BN6.C14H21O2.Mn/c1-16(2)22-13-25(19(7)8)32(29-22)28(33-26(20(9)10)14-23(30-33)17(3)4)34-27(21(11)12)15-24(31-34)18(5)6;1-13(2,3)9-7-10(14(4,5)6)12(16)11(15)8-9;/h13-21,28H,1-12H3;7-8,15H,1-6H3;/q-1;;. The second kappa shape index (κ2) is 16.8. The molecule has 284 valence electrons. The number of nitrogens with zero attached hydrogens (tertiary/aromatic N) is 6. The van der Waals surface area contributed by atoms with Crippen molar-refractivity contribution >= 4 is 7.12 Å². The Bertz CT molecular complexity index is 1590. The Morgan fingerprint density at radius 3 is 1.08 bits per heavy atom. The number of hydrogen-bond donors (Lipinski definition) is 1. The van der Waals surface area contributed by atoms with Gasteiger partial charge in [-0.25, -0.2) is 15.3 Å². The Balaban J connectivity index is 0.000000446. The van der Waals surface area contributed by atoms with Crippen molar-refractivity contribution in [2.24, 2.45) is 0 Å². The number of benzene rings is 1. The fraction of sp³-hybridized carbons (Fsp3) is 0.634. The molecular formula is C41H67BMnN6O2-. The molecule has 2 radical (unpaired) electrons. The van der Waals surface area contributed by atoms with Crippen molar-refractivity contribution < 1.29 is 27.3 Å². The average molecular weight is 742 g/mol. The van der Waals surface area contributed by atoms with E-state index in [1.54, 1.807) is 6.07 Å². The molecule has 0 amide bonds. The van der Waals surface area contributed by atoms with Crippen molar-refractivity contribution in [1.82, 2.24) is 29.1 Å². The van der Waals surface area contributed by atoms with Gasteiger partial charge in [-0.1, -0.05) is 131 Å². The Labute approximate surface area is 320 Å². The second-order valence-corrected chi connectivity index (χ2v) is 18.2. The van der Waals surface area contributed by atoms with E-state index in [1.807, 2.05) is 26.8 Å². The second-order valence-electron chi connectivity index (χ2n) is 18.2. The number of aromatic nitrogens is 6. The maximum atomic E-state index is 11.8. The predicted molar refractivity (Wildman–Crippen MR) is 210 cm³/mol. The molecule has 8 nitrogen and oxygen atoms in total. The summed E-state index contributed by atoms with van der Waals surface area (Å²) in [6, 6.07) is 10.4. The van der Waals surface area contributed by atoms with Crippen molar-refractivity contribution in [3.63, 3.8) is 0 Å². The van der Waals surface area contributed by atoms with E-state index < -0.39 is 7.12 Å². The largest absolute Gasteiger partial charge is 0.504 e. The third-order valence-corrected chi connectivity index (χ3v) is 9.59. The number of phenols is 1. The van der Waals surface area contributed by atoms with Crippen LogP contribution in [0.25, 0.3) is 0 Å². The Hall–Kier alpha value is -2.97. The minimum Gasteiger partial charge on any atom is -0.504 e. The van der Waals surface area contributed by atoms with Gasteiger partial charge in [0.2, 0.25) is 5.75 Å². The summed E-state index contributed by atoms with van der Waals surface area (Å²) in [5, 5.41) is 37.2. The quantitative estimate of drug-likeness (QED) is 0.173. The Morgan fingerprint density at radius 1 is 0.529 bits per heavy atom. The van der Waals surface area contributed by atoms with E-state index >= 15 is 0 Å². The van der Waals surface area contributed by atoms with Crippen molar-refractivity contribution in [2.45, 2.75) is 171 Å². The number of phenolic OH excluding ortho intramolecular Hbond substituents is 1. The van der Waals surface area contributed by atoms with Gasteiger partial charge in [0.15, 0.2) is 5.75 Å². The van der Waals surface area contributed by atoms with Crippen molar-refractivity contribution in [3.8, 4) is 11.5 Å². The molecule has 1 aromatic carbocycles. The molecule has 0 aliphatic heterocycles. The van der Waals surface area contributed by atoms with Crippen LogP contribution in [0.2, 0.25) is 0 Å². The minimum absolute atomic E-state index is 0. The maximum Gasteiger partial charge on any atom is 0.326 e. The van der Waals surface area contributed by atoms with Gasteiger partial charge in [0, 0.05) is 39.7 Å². The normalized spacial score (nSPS) is 12.6. The van der Waals surface area contributed by atoms with Crippen LogP contribution < -0.4 is 0 Å². The molecule has 10 heteroatoms. The first-order valence-corrected chi connectivity index (χ1v) is 18.9. The van der Waals surface area contributed by atoms with Gasteiger partial charge in [0.25, 0.3) is 0 Å². The number of rotatable bonds is 9. The summed E-state index contributed by atoms with van der Waals surface area (Å²) < 4.78 is 6.81. The van der Waals surface area contributed by atoms with Gasteiger partial charge in [-0.15, -0.1) is 0 Å². The third-order valence-electron chi connectivity index (χ3n) is 9.59. The molecule has 0 bridgehead atoms. The van der Waals surface area contributed by atoms with E-state index in [9.17, 15) is 10.2 Å². The summed E-state index contributed by atoms with van der Waals surface area (Å²) in [4.78, 5) is 0. The third kappa shape index (κ3) is 10.1. The van der Waals surface area contributed by atoms with Gasteiger partial charge < -0.3 is 18.9 Å². The van der Waals surface area contributed by atoms with Gasteiger partial charge in [0.05, 0.1) is 17.1 Å². The van der Waals surface area contributed by atoms with Crippen LogP contribution in [-0.2, 0) is 33.0 Å². The van der Waals surface area contributed by atoms with E-state index in [2.05, 4.69) is 136 Å². The first kappa shape index (κ1) is 44.2. The van der Waals surface area contributed by atoms with Crippen LogP contribution >= 0.6 is 0 Å². The number of hydrogen-bond acceptors (Lipinski definition) is 4. The molecule has 0 unspecified atom stereocenters. The molecule has 4 aromatic rings. The van der Waals surface area contributed by atoms with Gasteiger partial charge in [-0.3, -0.25) is 5.11 Å². The van der Waals surface area contributed by atoms with Gasteiger partial charge >= 0.3 is 7.12 Å². The smallest absolute Gasteiger partial charge is 0.326 e. The summed E-state index contributed by atoms with van der Waals surface area (Å²) >= 11 is 0. The van der Waals surface area contributed by atoms with Crippen LogP contribution in [-0.4, -0.2) is 41.3 Å². The molecule has 0 spiro atoms. The summed E-state index contributed by atoms with van der Waals surface area (Å²) in [6.07, 6.45) is 0. The van der Waals surface area contributed by atoms with E-state index in [1.165, 1.54) is 17.1 Å². The molecular weight excluding hydrogens is 674 g/mol. The topological polar surface area (TPSA) is 93.6 Å². The fourth-order valence-corrected chi connectivity index (χ4v) is 6.26. The molecule has 3 aromatic heterocycles. The van der Waals surface area contributed by atoms with Crippen molar-refractivity contribution in [3.05, 3.63) is 75.6 Å². The molecule has 0 fully saturated rings. The number of aromatic hydroxyl groups is 1. The monoisotopic (exact) mass is 741 g/mol.